The predicted octanol–water partition coefficient (Wildman–Crippen LogP) is 4.49. The van der Waals surface area contributed by atoms with E-state index in [1.165, 1.54) is 0 Å². The molecule has 0 aromatic carbocycles. The van der Waals surface area contributed by atoms with Crippen LogP contribution in [0.2, 0.25) is 0 Å². The van der Waals surface area contributed by atoms with Crippen molar-refractivity contribution in [3.8, 4) is 0 Å². The first-order chi connectivity index (χ1) is 8.92. The van der Waals surface area contributed by atoms with Crippen LogP contribution < -0.4 is 0 Å². The summed E-state index contributed by atoms with van der Waals surface area (Å²) < 4.78 is 18.5. The fourth-order valence-corrected chi connectivity index (χ4v) is 4.49. The molecule has 0 saturated heterocycles. The van der Waals surface area contributed by atoms with E-state index in [2.05, 4.69) is 41.5 Å². The van der Waals surface area contributed by atoms with Crippen LogP contribution in [0, 0.1) is 0 Å². The first-order valence-corrected chi connectivity index (χ1v) is 9.40. The summed E-state index contributed by atoms with van der Waals surface area (Å²) in [4.78, 5) is 0. The van der Waals surface area contributed by atoms with E-state index in [0.717, 1.165) is 19.3 Å². The van der Waals surface area contributed by atoms with E-state index < -0.39 is 8.80 Å². The average molecular weight is 289 g/mol. The van der Waals surface area contributed by atoms with Crippen molar-refractivity contribution in [3.05, 3.63) is 11.8 Å². The van der Waals surface area contributed by atoms with E-state index in [-0.39, 0.29) is 18.3 Å². The largest absolute Gasteiger partial charge is 0.529 e. The molecule has 0 spiro atoms. The van der Waals surface area contributed by atoms with Gasteiger partial charge in [-0.3, -0.25) is 0 Å². The summed E-state index contributed by atoms with van der Waals surface area (Å²) >= 11 is 0. The van der Waals surface area contributed by atoms with Crippen LogP contribution >= 0.6 is 0 Å². The maximum absolute atomic E-state index is 6.18. The van der Waals surface area contributed by atoms with E-state index in [0.29, 0.717) is 0 Å². The molecule has 19 heavy (non-hydrogen) atoms. The molecule has 0 aromatic rings. The number of rotatable bonds is 10. The fourth-order valence-electron chi connectivity index (χ4n) is 1.50. The average Bonchev–Trinajstić information content (AvgIpc) is 2.38. The van der Waals surface area contributed by atoms with Gasteiger partial charge in [0.1, 0.15) is 0 Å². The number of hydrogen-bond donors (Lipinski definition) is 0. The van der Waals surface area contributed by atoms with Gasteiger partial charge in [-0.05, 0) is 52.7 Å². The maximum Gasteiger partial charge on any atom is 0.529 e. The van der Waals surface area contributed by atoms with Crippen LogP contribution in [-0.2, 0) is 13.3 Å². The summed E-state index contributed by atoms with van der Waals surface area (Å²) in [6, 6.07) is 0. The lowest BCUT2D eigenvalue weighted by Crippen LogP contribution is -2.50. The molecule has 0 fully saturated rings. The van der Waals surface area contributed by atoms with Gasteiger partial charge >= 0.3 is 8.80 Å². The maximum atomic E-state index is 6.18. The summed E-state index contributed by atoms with van der Waals surface area (Å²) in [5.41, 5.74) is 2.01. The topological polar surface area (TPSA) is 27.7 Å². The second-order valence-corrected chi connectivity index (χ2v) is 7.36. The lowest BCUT2D eigenvalue weighted by molar-refractivity contribution is -0.000615. The molecule has 0 bridgehead atoms. The zero-order chi connectivity index (χ0) is 14.9. The van der Waals surface area contributed by atoms with Crippen LogP contribution in [0.25, 0.3) is 0 Å². The van der Waals surface area contributed by atoms with Gasteiger partial charge in [-0.15, -0.1) is 0 Å². The van der Waals surface area contributed by atoms with E-state index in [1.807, 2.05) is 18.7 Å². The minimum Gasteiger partial charge on any atom is -0.368 e. The van der Waals surface area contributed by atoms with Gasteiger partial charge in [0.2, 0.25) is 0 Å². The highest BCUT2D eigenvalue weighted by Gasteiger charge is 2.42. The van der Waals surface area contributed by atoms with Gasteiger partial charge in [-0.2, -0.15) is 0 Å². The number of hydrogen-bond acceptors (Lipinski definition) is 3. The molecule has 0 amide bonds. The van der Waals surface area contributed by atoms with Gasteiger partial charge in [0, 0.05) is 18.3 Å². The molecule has 3 nitrogen and oxygen atoms in total. The smallest absolute Gasteiger partial charge is 0.368 e. The summed E-state index contributed by atoms with van der Waals surface area (Å²) in [6.07, 6.45) is 5.31. The van der Waals surface area contributed by atoms with Crippen LogP contribution in [0.5, 0.6) is 0 Å². The van der Waals surface area contributed by atoms with Gasteiger partial charge in [-0.1, -0.05) is 26.8 Å². The molecular formula is C15H32O3Si. The molecule has 0 N–H and O–H groups in total. The quantitative estimate of drug-likeness (QED) is 0.554. The van der Waals surface area contributed by atoms with E-state index in [1.54, 1.807) is 0 Å². The molecule has 0 aliphatic heterocycles. The van der Waals surface area contributed by atoms with Crippen molar-refractivity contribution < 1.29 is 13.3 Å². The third-order valence-electron chi connectivity index (χ3n) is 3.19. The Labute approximate surface area is 120 Å². The van der Waals surface area contributed by atoms with Crippen LogP contribution in [0.3, 0.4) is 0 Å². The summed E-state index contributed by atoms with van der Waals surface area (Å²) in [5, 5.41) is 0. The lowest BCUT2D eigenvalue weighted by Gasteiger charge is -2.34. The van der Waals surface area contributed by atoms with Crippen LogP contribution in [0.1, 0.15) is 67.7 Å². The summed E-state index contributed by atoms with van der Waals surface area (Å²) in [5.74, 6) is 0. The minimum absolute atomic E-state index is 0.149. The van der Waals surface area contributed by atoms with Gasteiger partial charge in [0.15, 0.2) is 0 Å². The highest BCUT2D eigenvalue weighted by Crippen LogP contribution is 2.21. The van der Waals surface area contributed by atoms with Crippen molar-refractivity contribution in [1.29, 1.82) is 0 Å². The van der Waals surface area contributed by atoms with E-state index in [4.69, 9.17) is 13.3 Å². The Bertz CT molecular complexity index is 224. The van der Waals surface area contributed by atoms with Gasteiger partial charge < -0.3 is 13.3 Å². The first-order valence-electron chi connectivity index (χ1n) is 7.60. The Balaban J connectivity index is 5.08. The second-order valence-electron chi connectivity index (χ2n) is 5.11. The molecule has 0 aliphatic carbocycles. The van der Waals surface area contributed by atoms with Crippen molar-refractivity contribution in [1.82, 2.24) is 0 Å². The van der Waals surface area contributed by atoms with Crippen molar-refractivity contribution in [3.63, 3.8) is 0 Å². The molecule has 3 unspecified atom stereocenters. The zero-order valence-corrected chi connectivity index (χ0v) is 14.7. The molecule has 0 aromatic heterocycles. The monoisotopic (exact) mass is 288 g/mol. The molecule has 0 heterocycles. The Kier molecular flexibility index (Phi) is 9.61. The van der Waals surface area contributed by atoms with E-state index >= 15 is 0 Å². The fraction of sp³-hybridized carbons (Fsp3) is 0.867. The van der Waals surface area contributed by atoms with Crippen LogP contribution in [0.15, 0.2) is 11.8 Å². The number of allylic oxidation sites excluding steroid dienone is 1. The molecule has 4 heteroatoms. The Morgan fingerprint density at radius 2 is 1.11 bits per heavy atom. The SMILES string of the molecule is C/C=C/[Si](OC(C)CC)(OC(C)CC)OC(C)CC. The first kappa shape index (κ1) is 18.8. The molecule has 0 radical (unpaired) electrons. The Morgan fingerprint density at radius 1 is 0.789 bits per heavy atom. The van der Waals surface area contributed by atoms with Crippen LogP contribution in [-0.4, -0.2) is 27.1 Å². The molecule has 0 rings (SSSR count). The standard InChI is InChI=1S/C15H32O3Si/c1-8-12-19(16-13(5)9-2,17-14(6)10-3)18-15(7)11-4/h8,12-15H,9-11H2,1-7H3/b12-8+. The third-order valence-corrected chi connectivity index (χ3v) is 6.13. The molecule has 114 valence electrons. The Hall–Kier alpha value is -0.163. The highest BCUT2D eigenvalue weighted by molar-refractivity contribution is 6.66. The van der Waals surface area contributed by atoms with Crippen LogP contribution in [0.4, 0.5) is 0 Å². The van der Waals surface area contributed by atoms with Crippen molar-refractivity contribution in [2.75, 3.05) is 0 Å². The van der Waals surface area contributed by atoms with E-state index in [9.17, 15) is 0 Å². The van der Waals surface area contributed by atoms with Crippen molar-refractivity contribution in [2.45, 2.75) is 86.0 Å². The molecule has 0 aliphatic rings. The van der Waals surface area contributed by atoms with Crippen molar-refractivity contribution >= 4 is 8.80 Å². The minimum atomic E-state index is -2.73. The normalized spacial score (nSPS) is 20.2. The molecule has 3 atom stereocenters. The highest BCUT2D eigenvalue weighted by atomic mass is 28.4. The summed E-state index contributed by atoms with van der Waals surface area (Å²) in [7, 11) is -2.73. The summed E-state index contributed by atoms with van der Waals surface area (Å²) in [6.45, 7) is 14.6. The Morgan fingerprint density at radius 3 is 1.32 bits per heavy atom. The molecular weight excluding hydrogens is 256 g/mol. The van der Waals surface area contributed by atoms with Gasteiger partial charge in [0.05, 0.1) is 0 Å². The van der Waals surface area contributed by atoms with Gasteiger partial charge in [-0.25, -0.2) is 0 Å². The van der Waals surface area contributed by atoms with Gasteiger partial charge in [0.25, 0.3) is 0 Å². The zero-order valence-electron chi connectivity index (χ0n) is 13.7. The lowest BCUT2D eigenvalue weighted by atomic mass is 10.3. The predicted molar refractivity (Wildman–Crippen MR) is 83.1 cm³/mol. The second kappa shape index (κ2) is 9.70. The molecule has 0 saturated carbocycles. The van der Waals surface area contributed by atoms with Crippen molar-refractivity contribution in [2.24, 2.45) is 0 Å². The third kappa shape index (κ3) is 7.25.